The smallest absolute Gasteiger partial charge is 0.167 e. The average molecular weight is 346 g/mol. The molecule has 0 radical (unpaired) electrons. The van der Waals surface area contributed by atoms with Gasteiger partial charge in [-0.05, 0) is 6.42 Å². The van der Waals surface area contributed by atoms with Gasteiger partial charge in [-0.15, -0.1) is 0 Å². The minimum atomic E-state index is -0.901. The van der Waals surface area contributed by atoms with Crippen molar-refractivity contribution in [1.29, 1.82) is 0 Å². The van der Waals surface area contributed by atoms with Gasteiger partial charge in [0.1, 0.15) is 0 Å². The summed E-state index contributed by atoms with van der Waals surface area (Å²) in [5.74, 6) is 0. The highest BCUT2D eigenvalue weighted by Gasteiger charge is 2.12. The Bertz CT molecular complexity index is 129. The number of unbranched alkanes of at least 4 members (excludes halogenated alkanes) is 7. The molecule has 0 spiro atoms. The molecule has 0 aromatic heterocycles. The van der Waals surface area contributed by atoms with Gasteiger partial charge in [0.15, 0.2) is 5.08 Å². The SMILES string of the molecule is CCCCCCCCCCC(Br)C(F)Br. The van der Waals surface area contributed by atoms with Crippen LogP contribution in [0, 0.1) is 0 Å². The molecule has 0 nitrogen and oxygen atoms in total. The van der Waals surface area contributed by atoms with Gasteiger partial charge in [0, 0.05) is 0 Å². The third-order valence-corrected chi connectivity index (χ3v) is 4.88. The van der Waals surface area contributed by atoms with Crippen LogP contribution < -0.4 is 0 Å². The molecule has 0 saturated heterocycles. The van der Waals surface area contributed by atoms with Crippen LogP contribution in [0.5, 0.6) is 0 Å². The highest BCUT2D eigenvalue weighted by atomic mass is 79.9. The van der Waals surface area contributed by atoms with Gasteiger partial charge in [-0.2, -0.15) is 0 Å². The van der Waals surface area contributed by atoms with E-state index in [1.54, 1.807) is 0 Å². The molecular weight excluding hydrogens is 323 g/mol. The molecule has 0 aromatic carbocycles. The van der Waals surface area contributed by atoms with Crippen molar-refractivity contribution in [3.63, 3.8) is 0 Å². The van der Waals surface area contributed by atoms with E-state index in [9.17, 15) is 4.39 Å². The fourth-order valence-corrected chi connectivity index (χ4v) is 2.19. The summed E-state index contributed by atoms with van der Waals surface area (Å²) in [5, 5.41) is -0.901. The Morgan fingerprint density at radius 2 is 1.33 bits per heavy atom. The maximum absolute atomic E-state index is 12.7. The first kappa shape index (κ1) is 15.9. The normalized spacial score (nSPS) is 15.2. The maximum Gasteiger partial charge on any atom is 0.167 e. The largest absolute Gasteiger partial charge is 0.234 e. The second kappa shape index (κ2) is 11.4. The Morgan fingerprint density at radius 3 is 1.80 bits per heavy atom. The maximum atomic E-state index is 12.7. The van der Waals surface area contributed by atoms with Crippen molar-refractivity contribution in [2.75, 3.05) is 0 Å². The zero-order valence-electron chi connectivity index (χ0n) is 9.65. The molecule has 0 rings (SSSR count). The lowest BCUT2D eigenvalue weighted by Gasteiger charge is -2.08. The molecule has 92 valence electrons. The molecule has 2 atom stereocenters. The van der Waals surface area contributed by atoms with Gasteiger partial charge >= 0.3 is 0 Å². The third kappa shape index (κ3) is 11.2. The van der Waals surface area contributed by atoms with Crippen LogP contribution in [-0.4, -0.2) is 9.91 Å². The van der Waals surface area contributed by atoms with Gasteiger partial charge in [0.25, 0.3) is 0 Å². The number of hydrogen-bond donors (Lipinski definition) is 0. The fourth-order valence-electron chi connectivity index (χ4n) is 1.60. The molecule has 0 aliphatic rings. The standard InChI is InChI=1S/C12H23Br2F/c1-2-3-4-5-6-7-8-9-10-11(13)12(14)15/h11-12H,2-10H2,1H3. The lowest BCUT2D eigenvalue weighted by atomic mass is 10.1. The Balaban J connectivity index is 3.05. The first-order valence-electron chi connectivity index (χ1n) is 6.10. The van der Waals surface area contributed by atoms with Gasteiger partial charge < -0.3 is 0 Å². The summed E-state index contributed by atoms with van der Waals surface area (Å²) in [6, 6.07) is 0. The van der Waals surface area contributed by atoms with Gasteiger partial charge in [0.05, 0.1) is 4.83 Å². The number of hydrogen-bond acceptors (Lipinski definition) is 0. The van der Waals surface area contributed by atoms with E-state index in [1.807, 2.05) is 0 Å². The van der Waals surface area contributed by atoms with Crippen molar-refractivity contribution in [3.05, 3.63) is 0 Å². The van der Waals surface area contributed by atoms with Crippen LogP contribution in [0.25, 0.3) is 0 Å². The van der Waals surface area contributed by atoms with E-state index >= 15 is 0 Å². The van der Waals surface area contributed by atoms with Gasteiger partial charge in [0.2, 0.25) is 0 Å². The summed E-state index contributed by atoms with van der Waals surface area (Å²) < 4.78 is 12.7. The van der Waals surface area contributed by atoms with Gasteiger partial charge in [-0.1, -0.05) is 90.2 Å². The van der Waals surface area contributed by atoms with Gasteiger partial charge in [-0.25, -0.2) is 4.39 Å². The number of alkyl halides is 3. The van der Waals surface area contributed by atoms with Crippen molar-refractivity contribution in [2.24, 2.45) is 0 Å². The summed E-state index contributed by atoms with van der Waals surface area (Å²) in [5.41, 5.74) is 0. The molecule has 0 aliphatic heterocycles. The first-order valence-corrected chi connectivity index (χ1v) is 7.93. The molecule has 3 heteroatoms. The van der Waals surface area contributed by atoms with Crippen molar-refractivity contribution in [3.8, 4) is 0 Å². The molecule has 15 heavy (non-hydrogen) atoms. The quantitative estimate of drug-likeness (QED) is 0.338. The minimum Gasteiger partial charge on any atom is -0.234 e. The predicted molar refractivity (Wildman–Crippen MR) is 73.8 cm³/mol. The number of halogens is 3. The van der Waals surface area contributed by atoms with E-state index in [0.29, 0.717) is 0 Å². The average Bonchev–Trinajstić information content (AvgIpc) is 2.21. The summed E-state index contributed by atoms with van der Waals surface area (Å²) in [7, 11) is 0. The second-order valence-corrected chi connectivity index (χ2v) is 6.16. The molecule has 0 heterocycles. The highest BCUT2D eigenvalue weighted by molar-refractivity contribution is 9.12. The minimum absolute atomic E-state index is 0.0161. The van der Waals surface area contributed by atoms with Crippen LogP contribution >= 0.6 is 31.9 Å². The lowest BCUT2D eigenvalue weighted by molar-refractivity contribution is 0.432. The Hall–Kier alpha value is 0.890. The van der Waals surface area contributed by atoms with Crippen LogP contribution in [0.1, 0.15) is 64.7 Å². The molecular formula is C12H23Br2F. The van der Waals surface area contributed by atoms with E-state index in [4.69, 9.17) is 0 Å². The summed E-state index contributed by atoms with van der Waals surface area (Å²) in [6.45, 7) is 2.24. The fraction of sp³-hybridized carbons (Fsp3) is 1.00. The van der Waals surface area contributed by atoms with Crippen LogP contribution in [0.4, 0.5) is 4.39 Å². The monoisotopic (exact) mass is 344 g/mol. The van der Waals surface area contributed by atoms with E-state index < -0.39 is 5.08 Å². The van der Waals surface area contributed by atoms with E-state index in [2.05, 4.69) is 38.8 Å². The van der Waals surface area contributed by atoms with Crippen LogP contribution in [0.3, 0.4) is 0 Å². The molecule has 0 amide bonds. The topological polar surface area (TPSA) is 0 Å². The van der Waals surface area contributed by atoms with Crippen LogP contribution in [0.2, 0.25) is 0 Å². The Labute approximate surface area is 111 Å². The first-order chi connectivity index (χ1) is 7.18. The molecule has 0 saturated carbocycles. The Kier molecular flexibility index (Phi) is 12.1. The number of rotatable bonds is 10. The van der Waals surface area contributed by atoms with Crippen LogP contribution in [-0.2, 0) is 0 Å². The van der Waals surface area contributed by atoms with Crippen molar-refractivity contribution in [1.82, 2.24) is 0 Å². The van der Waals surface area contributed by atoms with Crippen molar-refractivity contribution in [2.45, 2.75) is 74.6 Å². The summed E-state index contributed by atoms with van der Waals surface area (Å²) in [6.07, 6.45) is 11.4. The zero-order chi connectivity index (χ0) is 11.5. The van der Waals surface area contributed by atoms with E-state index in [0.717, 1.165) is 12.8 Å². The summed E-state index contributed by atoms with van der Waals surface area (Å²) >= 11 is 6.26. The third-order valence-electron chi connectivity index (χ3n) is 2.61. The molecule has 0 fully saturated rings. The summed E-state index contributed by atoms with van der Waals surface area (Å²) in [4.78, 5) is -0.0161. The van der Waals surface area contributed by atoms with Crippen LogP contribution in [0.15, 0.2) is 0 Å². The van der Waals surface area contributed by atoms with E-state index in [1.165, 1.54) is 44.9 Å². The molecule has 0 aromatic rings. The lowest BCUT2D eigenvalue weighted by Crippen LogP contribution is -2.07. The predicted octanol–water partition coefficient (Wildman–Crippen LogP) is 5.97. The Morgan fingerprint density at radius 1 is 0.867 bits per heavy atom. The van der Waals surface area contributed by atoms with E-state index in [-0.39, 0.29) is 4.83 Å². The molecule has 0 N–H and O–H groups in total. The second-order valence-electron chi connectivity index (χ2n) is 4.11. The van der Waals surface area contributed by atoms with Crippen molar-refractivity contribution >= 4 is 31.9 Å². The highest BCUT2D eigenvalue weighted by Crippen LogP contribution is 2.21. The zero-order valence-corrected chi connectivity index (χ0v) is 12.8. The molecule has 0 bridgehead atoms. The van der Waals surface area contributed by atoms with Gasteiger partial charge in [-0.3, -0.25) is 0 Å². The molecule has 0 aliphatic carbocycles. The van der Waals surface area contributed by atoms with Crippen molar-refractivity contribution < 1.29 is 4.39 Å². The molecule has 2 unspecified atom stereocenters.